The summed E-state index contributed by atoms with van der Waals surface area (Å²) in [5.74, 6) is 0.575. The SMILES string of the molecule is COc1c(Cl)cc(Cl)cc1N(C)CCC#N. The molecule has 0 aliphatic heterocycles. The van der Waals surface area contributed by atoms with E-state index >= 15 is 0 Å². The lowest BCUT2D eigenvalue weighted by Gasteiger charge is -2.21. The fraction of sp³-hybridized carbons (Fsp3) is 0.364. The molecule has 0 aliphatic rings. The smallest absolute Gasteiger partial charge is 0.160 e. The number of methoxy groups -OCH3 is 1. The Morgan fingerprint density at radius 1 is 1.44 bits per heavy atom. The first-order valence-corrected chi connectivity index (χ1v) is 5.47. The van der Waals surface area contributed by atoms with Crippen molar-refractivity contribution in [3.63, 3.8) is 0 Å². The molecular formula is C11H12Cl2N2O. The topological polar surface area (TPSA) is 36.3 Å². The minimum absolute atomic E-state index is 0.434. The maximum atomic E-state index is 8.54. The molecule has 0 bridgehead atoms. The Morgan fingerprint density at radius 3 is 2.69 bits per heavy atom. The van der Waals surface area contributed by atoms with E-state index < -0.39 is 0 Å². The van der Waals surface area contributed by atoms with E-state index in [4.69, 9.17) is 33.2 Å². The molecule has 0 saturated carbocycles. The normalized spacial score (nSPS) is 9.69. The maximum absolute atomic E-state index is 8.54. The minimum Gasteiger partial charge on any atom is -0.493 e. The van der Waals surface area contributed by atoms with Crippen molar-refractivity contribution < 1.29 is 4.74 Å². The van der Waals surface area contributed by atoms with Gasteiger partial charge in [0.1, 0.15) is 0 Å². The van der Waals surface area contributed by atoms with Crippen LogP contribution < -0.4 is 9.64 Å². The Labute approximate surface area is 105 Å². The first kappa shape index (κ1) is 13.0. The highest BCUT2D eigenvalue weighted by molar-refractivity contribution is 6.36. The molecule has 0 N–H and O–H groups in total. The summed E-state index contributed by atoms with van der Waals surface area (Å²) in [5, 5.41) is 9.55. The lowest BCUT2D eigenvalue weighted by atomic mass is 10.2. The van der Waals surface area contributed by atoms with Crippen LogP contribution in [0, 0.1) is 11.3 Å². The molecule has 1 rings (SSSR count). The third kappa shape index (κ3) is 2.94. The quantitative estimate of drug-likeness (QED) is 0.831. The zero-order valence-electron chi connectivity index (χ0n) is 9.13. The van der Waals surface area contributed by atoms with Crippen LogP contribution in [0.2, 0.25) is 10.0 Å². The number of ether oxygens (including phenoxy) is 1. The molecule has 0 saturated heterocycles. The van der Waals surface area contributed by atoms with Gasteiger partial charge in [-0.1, -0.05) is 23.2 Å². The van der Waals surface area contributed by atoms with Crippen LogP contribution >= 0.6 is 23.2 Å². The highest BCUT2D eigenvalue weighted by atomic mass is 35.5. The lowest BCUT2D eigenvalue weighted by molar-refractivity contribution is 0.415. The summed E-state index contributed by atoms with van der Waals surface area (Å²) in [7, 11) is 3.42. The van der Waals surface area contributed by atoms with E-state index in [1.165, 1.54) is 0 Å². The first-order valence-electron chi connectivity index (χ1n) is 4.71. The number of nitriles is 1. The second kappa shape index (κ2) is 5.83. The molecule has 3 nitrogen and oxygen atoms in total. The molecule has 1 aromatic carbocycles. The number of benzene rings is 1. The number of halogens is 2. The Hall–Kier alpha value is -1.11. The van der Waals surface area contributed by atoms with Crippen molar-refractivity contribution in [3.8, 4) is 11.8 Å². The van der Waals surface area contributed by atoms with Crippen molar-refractivity contribution in [2.75, 3.05) is 25.6 Å². The lowest BCUT2D eigenvalue weighted by Crippen LogP contribution is -2.18. The van der Waals surface area contributed by atoms with Crippen LogP contribution in [0.1, 0.15) is 6.42 Å². The van der Waals surface area contributed by atoms with E-state index in [9.17, 15) is 0 Å². The predicted molar refractivity (Wildman–Crippen MR) is 66.5 cm³/mol. The summed E-state index contributed by atoms with van der Waals surface area (Å²) in [6, 6.07) is 5.48. The number of rotatable bonds is 4. The van der Waals surface area contributed by atoms with Crippen LogP contribution in [0.15, 0.2) is 12.1 Å². The van der Waals surface area contributed by atoms with Crippen LogP contribution in [-0.2, 0) is 0 Å². The van der Waals surface area contributed by atoms with E-state index in [1.807, 2.05) is 11.9 Å². The third-order valence-electron chi connectivity index (χ3n) is 2.16. The number of anilines is 1. The van der Waals surface area contributed by atoms with Crippen molar-refractivity contribution in [3.05, 3.63) is 22.2 Å². The van der Waals surface area contributed by atoms with Crippen molar-refractivity contribution >= 4 is 28.9 Å². The van der Waals surface area contributed by atoms with Gasteiger partial charge in [-0.3, -0.25) is 0 Å². The fourth-order valence-electron chi connectivity index (χ4n) is 1.37. The average Bonchev–Trinajstić information content (AvgIpc) is 2.24. The second-order valence-corrected chi connectivity index (χ2v) is 4.11. The van der Waals surface area contributed by atoms with E-state index in [0.29, 0.717) is 28.8 Å². The largest absolute Gasteiger partial charge is 0.493 e. The molecule has 0 amide bonds. The van der Waals surface area contributed by atoms with Gasteiger partial charge >= 0.3 is 0 Å². The molecule has 86 valence electrons. The first-order chi connectivity index (χ1) is 7.60. The van der Waals surface area contributed by atoms with E-state index in [2.05, 4.69) is 6.07 Å². The molecule has 0 spiro atoms. The fourth-order valence-corrected chi connectivity index (χ4v) is 1.93. The summed E-state index contributed by atoms with van der Waals surface area (Å²) < 4.78 is 5.22. The molecule has 0 unspecified atom stereocenters. The van der Waals surface area contributed by atoms with Gasteiger partial charge in [0.15, 0.2) is 5.75 Å². The van der Waals surface area contributed by atoms with Crippen LogP contribution in [0.25, 0.3) is 0 Å². The summed E-state index contributed by atoms with van der Waals surface area (Å²) in [4.78, 5) is 1.89. The molecule has 0 aliphatic carbocycles. The Morgan fingerprint density at radius 2 is 2.12 bits per heavy atom. The second-order valence-electron chi connectivity index (χ2n) is 3.27. The summed E-state index contributed by atoms with van der Waals surface area (Å²) in [6.45, 7) is 0.601. The van der Waals surface area contributed by atoms with Gasteiger partial charge in [-0.2, -0.15) is 5.26 Å². The molecule has 0 heterocycles. The Bertz CT molecular complexity index is 415. The van der Waals surface area contributed by atoms with Crippen molar-refractivity contribution in [2.24, 2.45) is 0 Å². The maximum Gasteiger partial charge on any atom is 0.160 e. The molecule has 1 aromatic rings. The van der Waals surface area contributed by atoms with Gasteiger partial charge in [-0.05, 0) is 12.1 Å². The van der Waals surface area contributed by atoms with Crippen LogP contribution in [0.3, 0.4) is 0 Å². The summed E-state index contributed by atoms with van der Waals surface area (Å²) >= 11 is 11.9. The monoisotopic (exact) mass is 258 g/mol. The third-order valence-corrected chi connectivity index (χ3v) is 2.66. The molecule has 0 aromatic heterocycles. The van der Waals surface area contributed by atoms with Gasteiger partial charge in [0.2, 0.25) is 0 Å². The number of hydrogen-bond donors (Lipinski definition) is 0. The van der Waals surface area contributed by atoms with Crippen LogP contribution in [0.5, 0.6) is 5.75 Å². The molecule has 16 heavy (non-hydrogen) atoms. The molecule has 0 atom stereocenters. The van der Waals surface area contributed by atoms with Gasteiger partial charge in [-0.15, -0.1) is 0 Å². The van der Waals surface area contributed by atoms with Gasteiger partial charge in [-0.25, -0.2) is 0 Å². The molecule has 0 fully saturated rings. The van der Waals surface area contributed by atoms with Crippen LogP contribution in [-0.4, -0.2) is 20.7 Å². The van der Waals surface area contributed by atoms with Gasteiger partial charge in [0.25, 0.3) is 0 Å². The highest BCUT2D eigenvalue weighted by Crippen LogP contribution is 2.37. The van der Waals surface area contributed by atoms with Crippen molar-refractivity contribution in [1.82, 2.24) is 0 Å². The standard InChI is InChI=1S/C11H12Cl2N2O/c1-15(5-3-4-14)10-7-8(12)6-9(13)11(10)16-2/h6-7H,3,5H2,1-2H3. The average molecular weight is 259 g/mol. The molecular weight excluding hydrogens is 247 g/mol. The highest BCUT2D eigenvalue weighted by Gasteiger charge is 2.13. The van der Waals surface area contributed by atoms with Gasteiger partial charge < -0.3 is 9.64 Å². The van der Waals surface area contributed by atoms with Gasteiger partial charge in [0.05, 0.1) is 30.3 Å². The summed E-state index contributed by atoms with van der Waals surface area (Å²) in [6.07, 6.45) is 0.434. The van der Waals surface area contributed by atoms with Gasteiger partial charge in [0, 0.05) is 18.6 Å². The Kier molecular flexibility index (Phi) is 4.72. The Balaban J connectivity index is 3.06. The van der Waals surface area contributed by atoms with Crippen molar-refractivity contribution in [1.29, 1.82) is 5.26 Å². The summed E-state index contributed by atoms with van der Waals surface area (Å²) in [5.41, 5.74) is 0.787. The minimum atomic E-state index is 0.434. The molecule has 0 radical (unpaired) electrons. The number of nitrogens with zero attached hydrogens (tertiary/aromatic N) is 2. The van der Waals surface area contributed by atoms with Crippen LogP contribution in [0.4, 0.5) is 5.69 Å². The predicted octanol–water partition coefficient (Wildman–Crippen LogP) is 3.35. The number of hydrogen-bond acceptors (Lipinski definition) is 3. The zero-order chi connectivity index (χ0) is 12.1. The van der Waals surface area contributed by atoms with Crippen molar-refractivity contribution in [2.45, 2.75) is 6.42 Å². The van der Waals surface area contributed by atoms with E-state index in [1.54, 1.807) is 19.2 Å². The zero-order valence-corrected chi connectivity index (χ0v) is 10.6. The molecule has 5 heteroatoms. The van der Waals surface area contributed by atoms with E-state index in [0.717, 1.165) is 5.69 Å². The van der Waals surface area contributed by atoms with E-state index in [-0.39, 0.29) is 0 Å².